The molecule has 0 saturated heterocycles. The highest BCUT2D eigenvalue weighted by atomic mass is 35.5. The molecule has 5 nitrogen and oxygen atoms in total. The molecule has 0 bridgehead atoms. The average molecular weight is 405 g/mol. The highest BCUT2D eigenvalue weighted by Crippen LogP contribution is 2.28. The molecule has 1 N–H and O–H groups in total. The lowest BCUT2D eigenvalue weighted by atomic mass is 10.1. The Morgan fingerprint density at radius 2 is 1.93 bits per heavy atom. The van der Waals surface area contributed by atoms with Gasteiger partial charge in [-0.25, -0.2) is 4.39 Å². The fourth-order valence-electron chi connectivity index (χ4n) is 2.41. The minimum atomic E-state index is -0.455. The van der Waals surface area contributed by atoms with Crippen molar-refractivity contribution in [2.75, 3.05) is 5.32 Å². The molecule has 0 aliphatic heterocycles. The predicted octanol–water partition coefficient (Wildman–Crippen LogP) is 4.70. The van der Waals surface area contributed by atoms with Crippen LogP contribution in [0.3, 0.4) is 0 Å². The van der Waals surface area contributed by atoms with Gasteiger partial charge in [0.2, 0.25) is 5.91 Å². The van der Waals surface area contributed by atoms with E-state index in [0.29, 0.717) is 10.8 Å². The summed E-state index contributed by atoms with van der Waals surface area (Å²) in [4.78, 5) is 12.4. The van der Waals surface area contributed by atoms with Gasteiger partial charge in [0.1, 0.15) is 5.82 Å². The number of hydrogen-bond donors (Lipinski definition) is 1. The van der Waals surface area contributed by atoms with Crippen molar-refractivity contribution in [2.45, 2.75) is 24.3 Å². The number of nitrogens with one attached hydrogen (secondary N) is 1. The van der Waals surface area contributed by atoms with Gasteiger partial charge >= 0.3 is 0 Å². The quantitative estimate of drug-likeness (QED) is 0.626. The Morgan fingerprint density at radius 1 is 1.22 bits per heavy atom. The highest BCUT2D eigenvalue weighted by molar-refractivity contribution is 8.00. The van der Waals surface area contributed by atoms with E-state index in [9.17, 15) is 9.18 Å². The first-order valence-corrected chi connectivity index (χ1v) is 9.50. The molecule has 0 aliphatic rings. The Morgan fingerprint density at radius 3 is 2.59 bits per heavy atom. The third-order valence-corrected chi connectivity index (χ3v) is 5.43. The van der Waals surface area contributed by atoms with Gasteiger partial charge in [-0.05, 0) is 32.0 Å². The number of benzene rings is 2. The predicted molar refractivity (Wildman–Crippen MR) is 107 cm³/mol. The highest BCUT2D eigenvalue weighted by Gasteiger charge is 2.20. The molecule has 3 aromatic rings. The molecule has 1 amide bonds. The summed E-state index contributed by atoms with van der Waals surface area (Å²) in [5.41, 5.74) is 2.49. The molecule has 0 spiro atoms. The van der Waals surface area contributed by atoms with Crippen LogP contribution in [0, 0.1) is 12.7 Å². The van der Waals surface area contributed by atoms with Crippen LogP contribution in [-0.4, -0.2) is 25.9 Å². The standard InChI is InChI=1S/C19H18ClFN4OS/c1-11-4-6-13(7-5-11)17-23-24-19(25(17)3)27-12(2)18(26)22-16-9-8-14(21)10-15(16)20/h4-10,12H,1-3H3,(H,22,26). The number of anilines is 1. The second kappa shape index (κ2) is 8.10. The van der Waals surface area contributed by atoms with Gasteiger partial charge in [0.15, 0.2) is 11.0 Å². The van der Waals surface area contributed by atoms with Crippen LogP contribution in [0.4, 0.5) is 10.1 Å². The van der Waals surface area contributed by atoms with E-state index in [-0.39, 0.29) is 10.9 Å². The summed E-state index contributed by atoms with van der Waals surface area (Å²) in [7, 11) is 1.86. The van der Waals surface area contributed by atoms with Gasteiger partial charge < -0.3 is 9.88 Å². The second-order valence-corrected chi connectivity index (χ2v) is 7.82. The van der Waals surface area contributed by atoms with Crippen LogP contribution < -0.4 is 5.32 Å². The van der Waals surface area contributed by atoms with E-state index in [1.807, 2.05) is 42.8 Å². The van der Waals surface area contributed by atoms with E-state index in [0.717, 1.165) is 17.5 Å². The van der Waals surface area contributed by atoms with Gasteiger partial charge in [-0.2, -0.15) is 0 Å². The molecule has 0 saturated carbocycles. The number of amides is 1. The Balaban J connectivity index is 1.71. The fourth-order valence-corrected chi connectivity index (χ4v) is 3.44. The molecule has 0 radical (unpaired) electrons. The van der Waals surface area contributed by atoms with Gasteiger partial charge in [0.05, 0.1) is 16.0 Å². The van der Waals surface area contributed by atoms with Crippen LogP contribution in [0.25, 0.3) is 11.4 Å². The zero-order valence-corrected chi connectivity index (χ0v) is 16.6. The average Bonchev–Trinajstić information content (AvgIpc) is 2.98. The topological polar surface area (TPSA) is 59.8 Å². The summed E-state index contributed by atoms with van der Waals surface area (Å²) < 4.78 is 15.0. The van der Waals surface area contributed by atoms with E-state index >= 15 is 0 Å². The molecule has 140 valence electrons. The Hall–Kier alpha value is -2.38. The van der Waals surface area contributed by atoms with Crippen LogP contribution in [0.1, 0.15) is 12.5 Å². The van der Waals surface area contributed by atoms with Crippen molar-refractivity contribution >= 4 is 35.0 Å². The second-order valence-electron chi connectivity index (χ2n) is 6.10. The van der Waals surface area contributed by atoms with Crippen molar-refractivity contribution in [2.24, 2.45) is 7.05 Å². The van der Waals surface area contributed by atoms with E-state index in [1.54, 1.807) is 6.92 Å². The third-order valence-electron chi connectivity index (χ3n) is 3.99. The van der Waals surface area contributed by atoms with Crippen LogP contribution in [0.15, 0.2) is 47.6 Å². The Kier molecular flexibility index (Phi) is 5.82. The minimum Gasteiger partial charge on any atom is -0.324 e. The smallest absolute Gasteiger partial charge is 0.237 e. The molecule has 1 heterocycles. The maximum atomic E-state index is 13.1. The first kappa shape index (κ1) is 19.4. The minimum absolute atomic E-state index is 0.154. The van der Waals surface area contributed by atoms with Crippen LogP contribution in [-0.2, 0) is 11.8 Å². The zero-order chi connectivity index (χ0) is 19.6. The zero-order valence-electron chi connectivity index (χ0n) is 15.0. The molecule has 27 heavy (non-hydrogen) atoms. The third kappa shape index (κ3) is 4.48. The van der Waals surface area contributed by atoms with Gasteiger partial charge in [0, 0.05) is 12.6 Å². The van der Waals surface area contributed by atoms with Gasteiger partial charge in [-0.1, -0.05) is 53.2 Å². The van der Waals surface area contributed by atoms with E-state index in [4.69, 9.17) is 11.6 Å². The van der Waals surface area contributed by atoms with Crippen LogP contribution >= 0.6 is 23.4 Å². The molecule has 8 heteroatoms. The number of carbonyl (C=O) groups is 1. The maximum Gasteiger partial charge on any atom is 0.237 e. The Bertz CT molecular complexity index is 974. The van der Waals surface area contributed by atoms with Crippen molar-refractivity contribution in [3.63, 3.8) is 0 Å². The number of thioether (sulfide) groups is 1. The summed E-state index contributed by atoms with van der Waals surface area (Å²) in [6.45, 7) is 3.78. The largest absolute Gasteiger partial charge is 0.324 e. The molecule has 1 atom stereocenters. The van der Waals surface area contributed by atoms with Gasteiger partial charge in [-0.3, -0.25) is 4.79 Å². The SMILES string of the molecule is Cc1ccc(-c2nnc(SC(C)C(=O)Nc3ccc(F)cc3Cl)n2C)cc1. The number of aromatic nitrogens is 3. The van der Waals surface area contributed by atoms with Crippen molar-refractivity contribution in [1.82, 2.24) is 14.8 Å². The summed E-state index contributed by atoms with van der Waals surface area (Å²) in [5, 5.41) is 11.5. The number of hydrogen-bond acceptors (Lipinski definition) is 4. The summed E-state index contributed by atoms with van der Waals surface area (Å²) >= 11 is 7.24. The number of rotatable bonds is 5. The lowest BCUT2D eigenvalue weighted by Gasteiger charge is -2.12. The number of aryl methyl sites for hydroxylation is 1. The normalized spacial score (nSPS) is 12.0. The van der Waals surface area contributed by atoms with Crippen molar-refractivity contribution in [1.29, 1.82) is 0 Å². The van der Waals surface area contributed by atoms with Crippen LogP contribution in [0.5, 0.6) is 0 Å². The molecule has 1 aromatic heterocycles. The van der Waals surface area contributed by atoms with E-state index in [1.165, 1.54) is 29.5 Å². The molecular weight excluding hydrogens is 387 g/mol. The van der Waals surface area contributed by atoms with E-state index < -0.39 is 11.1 Å². The molecule has 0 fully saturated rings. The van der Waals surface area contributed by atoms with Crippen molar-refractivity contribution in [3.05, 3.63) is 58.9 Å². The van der Waals surface area contributed by atoms with Gasteiger partial charge in [0.25, 0.3) is 0 Å². The summed E-state index contributed by atoms with van der Waals surface area (Å²) in [6, 6.07) is 11.8. The molecule has 2 aromatic carbocycles. The first-order valence-electron chi connectivity index (χ1n) is 8.24. The molecular formula is C19H18ClFN4OS. The number of nitrogens with zero attached hydrogens (tertiary/aromatic N) is 3. The van der Waals surface area contributed by atoms with Crippen LogP contribution in [0.2, 0.25) is 5.02 Å². The molecule has 0 aliphatic carbocycles. The summed E-state index contributed by atoms with van der Waals surface area (Å²) in [5.74, 6) is 0.0169. The van der Waals surface area contributed by atoms with Crippen molar-refractivity contribution in [3.8, 4) is 11.4 Å². The summed E-state index contributed by atoms with van der Waals surface area (Å²) in [6.07, 6.45) is 0. The molecule has 3 rings (SSSR count). The fraction of sp³-hybridized carbons (Fsp3) is 0.211. The lowest BCUT2D eigenvalue weighted by Crippen LogP contribution is -2.23. The van der Waals surface area contributed by atoms with Crippen molar-refractivity contribution < 1.29 is 9.18 Å². The lowest BCUT2D eigenvalue weighted by molar-refractivity contribution is -0.115. The van der Waals surface area contributed by atoms with Gasteiger partial charge in [-0.15, -0.1) is 10.2 Å². The molecule has 1 unspecified atom stereocenters. The Labute approximate surface area is 166 Å². The maximum absolute atomic E-state index is 13.1. The number of carbonyl (C=O) groups excluding carboxylic acids is 1. The van der Waals surface area contributed by atoms with E-state index in [2.05, 4.69) is 15.5 Å². The number of halogens is 2. The first-order chi connectivity index (χ1) is 12.8. The monoisotopic (exact) mass is 404 g/mol.